The maximum Gasteiger partial charge on any atom is 0.267 e. The Balaban J connectivity index is 1.94. The van der Waals surface area contributed by atoms with Crippen LogP contribution in [0.3, 0.4) is 0 Å². The number of halogens is 1. The smallest absolute Gasteiger partial charge is 0.267 e. The molecule has 1 aromatic heterocycles. The van der Waals surface area contributed by atoms with Gasteiger partial charge in [0.05, 0.1) is 31.2 Å². The second kappa shape index (κ2) is 8.27. The van der Waals surface area contributed by atoms with Crippen LogP contribution < -0.4 is 20.5 Å². The zero-order chi connectivity index (χ0) is 21.1. The van der Waals surface area contributed by atoms with E-state index in [1.807, 2.05) is 0 Å². The van der Waals surface area contributed by atoms with Crippen molar-refractivity contribution in [2.45, 2.75) is 6.92 Å². The van der Waals surface area contributed by atoms with Crippen molar-refractivity contribution in [2.75, 3.05) is 19.5 Å². The van der Waals surface area contributed by atoms with E-state index in [9.17, 15) is 14.0 Å². The Morgan fingerprint density at radius 2 is 1.72 bits per heavy atom. The zero-order valence-corrected chi connectivity index (χ0v) is 16.7. The number of aryl methyl sites for hydroxylation is 1. The van der Waals surface area contributed by atoms with Crippen molar-refractivity contribution < 1.29 is 23.5 Å². The largest absolute Gasteiger partial charge is 0.493 e. The van der Waals surface area contributed by atoms with E-state index in [1.54, 1.807) is 19.1 Å². The quantitative estimate of drug-likeness (QED) is 0.640. The van der Waals surface area contributed by atoms with E-state index in [0.717, 1.165) is 11.3 Å². The minimum absolute atomic E-state index is 0.0805. The fourth-order valence-electron chi connectivity index (χ4n) is 2.69. The molecule has 2 amide bonds. The molecule has 3 rings (SSSR count). The summed E-state index contributed by atoms with van der Waals surface area (Å²) in [4.78, 5) is 29.4. The highest BCUT2D eigenvalue weighted by Gasteiger charge is 2.21. The summed E-state index contributed by atoms with van der Waals surface area (Å²) in [5, 5.41) is 3.26. The van der Waals surface area contributed by atoms with Crippen LogP contribution in [-0.2, 0) is 0 Å². The van der Waals surface area contributed by atoms with Gasteiger partial charge in [-0.1, -0.05) is 0 Å². The van der Waals surface area contributed by atoms with E-state index in [4.69, 9.17) is 15.2 Å². The summed E-state index contributed by atoms with van der Waals surface area (Å²) < 4.78 is 23.5. The number of nitrogens with zero attached hydrogens (tertiary/aromatic N) is 1. The van der Waals surface area contributed by atoms with Crippen LogP contribution in [0.15, 0.2) is 36.4 Å². The second-order valence-corrected chi connectivity index (χ2v) is 7.01. The monoisotopic (exact) mass is 415 g/mol. The predicted octanol–water partition coefficient (Wildman–Crippen LogP) is 3.63. The number of hydrogen-bond donors (Lipinski definition) is 2. The molecule has 150 valence electrons. The van der Waals surface area contributed by atoms with Gasteiger partial charge in [0, 0.05) is 11.6 Å². The van der Waals surface area contributed by atoms with E-state index in [2.05, 4.69) is 10.3 Å². The van der Waals surface area contributed by atoms with Crippen molar-refractivity contribution in [1.82, 2.24) is 4.98 Å². The fourth-order valence-corrected chi connectivity index (χ4v) is 3.66. The number of carbonyl (C=O) groups excluding carboxylic acids is 2. The Bertz CT molecular complexity index is 1080. The van der Waals surface area contributed by atoms with Crippen molar-refractivity contribution in [2.24, 2.45) is 5.73 Å². The molecule has 0 spiro atoms. The van der Waals surface area contributed by atoms with Gasteiger partial charge in [0.25, 0.3) is 11.8 Å². The fraction of sp³-hybridized carbons (Fsp3) is 0.150. The maximum atomic E-state index is 13.1. The number of rotatable bonds is 6. The molecule has 0 aliphatic carbocycles. The van der Waals surface area contributed by atoms with E-state index < -0.39 is 11.8 Å². The average Bonchev–Trinajstić information content (AvgIpc) is 3.09. The highest BCUT2D eigenvalue weighted by Crippen LogP contribution is 2.34. The number of benzene rings is 2. The van der Waals surface area contributed by atoms with Crippen LogP contribution in [0.1, 0.15) is 25.7 Å². The van der Waals surface area contributed by atoms with E-state index >= 15 is 0 Å². The van der Waals surface area contributed by atoms with Gasteiger partial charge in [-0.05, 0) is 37.3 Å². The maximum absolute atomic E-state index is 13.1. The minimum Gasteiger partial charge on any atom is -0.493 e. The van der Waals surface area contributed by atoms with Gasteiger partial charge in [-0.15, -0.1) is 11.3 Å². The van der Waals surface area contributed by atoms with Crippen molar-refractivity contribution in [3.63, 3.8) is 0 Å². The Labute approximate surface area is 170 Å². The van der Waals surface area contributed by atoms with Crippen LogP contribution in [0.25, 0.3) is 10.6 Å². The molecule has 29 heavy (non-hydrogen) atoms. The lowest BCUT2D eigenvalue weighted by molar-refractivity contribution is 0.100. The topological polar surface area (TPSA) is 104 Å². The Hall–Kier alpha value is -3.46. The SMILES string of the molecule is COc1cc(NC(=O)c2sc(-c3ccc(F)cc3)nc2C)c(C(N)=O)cc1OC. The summed E-state index contributed by atoms with van der Waals surface area (Å²) >= 11 is 1.16. The van der Waals surface area contributed by atoms with Crippen LogP contribution in [0.4, 0.5) is 10.1 Å². The summed E-state index contributed by atoms with van der Waals surface area (Å²) in [5.74, 6) is -0.891. The second-order valence-electron chi connectivity index (χ2n) is 6.01. The number of aromatic nitrogens is 1. The molecule has 1 heterocycles. The van der Waals surface area contributed by atoms with Crippen LogP contribution >= 0.6 is 11.3 Å². The molecule has 0 fully saturated rings. The number of primary amides is 1. The number of hydrogen-bond acceptors (Lipinski definition) is 6. The summed E-state index contributed by atoms with van der Waals surface area (Å²) in [6, 6.07) is 8.71. The predicted molar refractivity (Wildman–Crippen MR) is 108 cm³/mol. The number of nitrogens with two attached hydrogens (primary N) is 1. The first kappa shape index (κ1) is 20.3. The van der Waals surface area contributed by atoms with Gasteiger partial charge in [0.15, 0.2) is 11.5 Å². The van der Waals surface area contributed by atoms with Crippen molar-refractivity contribution in [3.05, 3.63) is 58.3 Å². The highest BCUT2D eigenvalue weighted by molar-refractivity contribution is 7.17. The van der Waals surface area contributed by atoms with Crippen molar-refractivity contribution in [3.8, 4) is 22.1 Å². The molecule has 0 bridgehead atoms. The molecular formula is C20H18FN3O4S. The van der Waals surface area contributed by atoms with Gasteiger partial charge in [-0.25, -0.2) is 9.37 Å². The number of amides is 2. The lowest BCUT2D eigenvalue weighted by Crippen LogP contribution is -2.18. The van der Waals surface area contributed by atoms with Crippen molar-refractivity contribution in [1.29, 1.82) is 0 Å². The molecular weight excluding hydrogens is 397 g/mol. The Morgan fingerprint density at radius 3 is 2.31 bits per heavy atom. The molecule has 3 aromatic rings. The summed E-state index contributed by atoms with van der Waals surface area (Å²) in [6.45, 7) is 1.70. The summed E-state index contributed by atoms with van der Waals surface area (Å²) in [7, 11) is 2.87. The van der Waals surface area contributed by atoms with E-state index in [0.29, 0.717) is 32.6 Å². The molecule has 0 unspecified atom stereocenters. The molecule has 7 nitrogen and oxygen atoms in total. The molecule has 2 aromatic carbocycles. The third-order valence-corrected chi connectivity index (χ3v) is 5.34. The average molecular weight is 415 g/mol. The van der Waals surface area contributed by atoms with E-state index in [1.165, 1.54) is 38.5 Å². The van der Waals surface area contributed by atoms with Crippen LogP contribution in [0, 0.1) is 12.7 Å². The number of anilines is 1. The molecule has 0 aliphatic heterocycles. The van der Waals surface area contributed by atoms with Crippen molar-refractivity contribution >= 4 is 28.8 Å². The van der Waals surface area contributed by atoms with Crippen LogP contribution in [-0.4, -0.2) is 31.0 Å². The highest BCUT2D eigenvalue weighted by atomic mass is 32.1. The zero-order valence-electron chi connectivity index (χ0n) is 15.9. The van der Waals surface area contributed by atoms with Crippen LogP contribution in [0.5, 0.6) is 11.5 Å². The third-order valence-electron chi connectivity index (χ3n) is 4.13. The number of ether oxygens (including phenoxy) is 2. The van der Waals surface area contributed by atoms with Gasteiger partial charge in [0.2, 0.25) is 0 Å². The first-order chi connectivity index (χ1) is 13.8. The number of thiazole rings is 1. The third kappa shape index (κ3) is 4.19. The number of methoxy groups -OCH3 is 2. The molecule has 3 N–H and O–H groups in total. The number of carbonyl (C=O) groups is 2. The van der Waals surface area contributed by atoms with Gasteiger partial charge in [-0.2, -0.15) is 0 Å². The lowest BCUT2D eigenvalue weighted by atomic mass is 10.1. The minimum atomic E-state index is -0.728. The molecule has 9 heteroatoms. The summed E-state index contributed by atoms with van der Waals surface area (Å²) in [5.41, 5.74) is 6.91. The molecule has 0 aliphatic rings. The molecule has 0 saturated carbocycles. The Morgan fingerprint density at radius 1 is 1.10 bits per heavy atom. The first-order valence-corrected chi connectivity index (χ1v) is 9.26. The normalized spacial score (nSPS) is 10.5. The van der Waals surface area contributed by atoms with Crippen LogP contribution in [0.2, 0.25) is 0 Å². The van der Waals surface area contributed by atoms with Gasteiger partial charge in [0.1, 0.15) is 15.7 Å². The lowest BCUT2D eigenvalue weighted by Gasteiger charge is -2.14. The molecule has 0 atom stereocenters. The Kier molecular flexibility index (Phi) is 5.79. The first-order valence-electron chi connectivity index (χ1n) is 8.44. The van der Waals surface area contributed by atoms with Gasteiger partial charge >= 0.3 is 0 Å². The van der Waals surface area contributed by atoms with Gasteiger partial charge in [-0.3, -0.25) is 9.59 Å². The summed E-state index contributed by atoms with van der Waals surface area (Å²) in [6.07, 6.45) is 0. The van der Waals surface area contributed by atoms with Gasteiger partial charge < -0.3 is 20.5 Å². The van der Waals surface area contributed by atoms with E-state index in [-0.39, 0.29) is 17.1 Å². The molecule has 0 radical (unpaired) electrons. The number of nitrogens with one attached hydrogen (secondary N) is 1. The molecule has 0 saturated heterocycles. The standard InChI is InChI=1S/C20H18FN3O4S/c1-10-17(29-20(23-10)11-4-6-12(21)7-5-11)19(26)24-14-9-16(28-3)15(27-2)8-13(14)18(22)25/h4-9H,1-3H3,(H2,22,25)(H,24,26).